The number of hydrogen-bond donors (Lipinski definition) is 3. The Morgan fingerprint density at radius 3 is 2.76 bits per heavy atom. The van der Waals surface area contributed by atoms with Crippen molar-refractivity contribution in [2.75, 3.05) is 10.0 Å². The van der Waals surface area contributed by atoms with Crippen LogP contribution in [0.3, 0.4) is 0 Å². The summed E-state index contributed by atoms with van der Waals surface area (Å²) < 4.78 is 54.9. The minimum atomic E-state index is -2.33. The van der Waals surface area contributed by atoms with Crippen LogP contribution in [0.4, 0.5) is 19.6 Å². The van der Waals surface area contributed by atoms with Crippen LogP contribution in [-0.2, 0) is 22.7 Å². The van der Waals surface area contributed by atoms with Gasteiger partial charge in [-0.05, 0) is 24.3 Å². The molecular formula is C18H15F2N3O4S2. The molecule has 11 heteroatoms. The summed E-state index contributed by atoms with van der Waals surface area (Å²) in [5, 5.41) is 4.76. The summed E-state index contributed by atoms with van der Waals surface area (Å²) in [5.41, 5.74) is 1.98. The molecule has 1 heterocycles. The van der Waals surface area contributed by atoms with Gasteiger partial charge in [0.05, 0.1) is 11.4 Å². The molecule has 3 aromatic rings. The topological polar surface area (TPSA) is 101 Å². The highest BCUT2D eigenvalue weighted by atomic mass is 32.2. The highest BCUT2D eigenvalue weighted by Gasteiger charge is 2.12. The van der Waals surface area contributed by atoms with Crippen LogP contribution in [0.5, 0.6) is 5.75 Å². The molecule has 1 amide bonds. The van der Waals surface area contributed by atoms with Crippen molar-refractivity contribution in [3.05, 3.63) is 59.0 Å². The van der Waals surface area contributed by atoms with E-state index in [9.17, 15) is 17.8 Å². The summed E-state index contributed by atoms with van der Waals surface area (Å²) in [6.07, 6.45) is 0. The van der Waals surface area contributed by atoms with Gasteiger partial charge in [0.1, 0.15) is 12.4 Å². The van der Waals surface area contributed by atoms with Crippen LogP contribution in [0.15, 0.2) is 41.8 Å². The van der Waals surface area contributed by atoms with E-state index in [2.05, 4.69) is 15.0 Å². The third-order valence-corrected chi connectivity index (χ3v) is 4.81. The average molecular weight is 439 g/mol. The number of halogens is 2. The highest BCUT2D eigenvalue weighted by Crippen LogP contribution is 2.29. The van der Waals surface area contributed by atoms with Crippen LogP contribution < -0.4 is 14.8 Å². The van der Waals surface area contributed by atoms with E-state index in [4.69, 9.17) is 9.29 Å². The first kappa shape index (κ1) is 20.8. The molecule has 0 aliphatic rings. The molecule has 0 radical (unpaired) electrons. The van der Waals surface area contributed by atoms with E-state index in [-0.39, 0.29) is 18.3 Å². The van der Waals surface area contributed by atoms with E-state index in [0.717, 1.165) is 12.1 Å². The average Bonchev–Trinajstić information content (AvgIpc) is 3.09. The van der Waals surface area contributed by atoms with Gasteiger partial charge in [-0.2, -0.15) is 0 Å². The van der Waals surface area contributed by atoms with E-state index in [1.54, 1.807) is 23.6 Å². The van der Waals surface area contributed by atoms with E-state index < -0.39 is 22.9 Å². The Morgan fingerprint density at radius 1 is 1.28 bits per heavy atom. The second kappa shape index (κ2) is 9.07. The molecule has 3 N–H and O–H groups in total. The molecular weight excluding hydrogens is 424 g/mol. The molecule has 0 spiro atoms. The first-order chi connectivity index (χ1) is 13.8. The zero-order valence-electron chi connectivity index (χ0n) is 14.9. The molecule has 152 valence electrons. The molecule has 1 aromatic heterocycles. The number of aromatic nitrogens is 1. The van der Waals surface area contributed by atoms with Crippen molar-refractivity contribution in [3.8, 4) is 17.0 Å². The maximum atomic E-state index is 13.8. The van der Waals surface area contributed by atoms with Gasteiger partial charge in [0, 0.05) is 29.5 Å². The normalized spacial score (nSPS) is 11.7. The van der Waals surface area contributed by atoms with Crippen LogP contribution in [-0.4, -0.2) is 19.7 Å². The van der Waals surface area contributed by atoms with Crippen molar-refractivity contribution in [1.82, 2.24) is 4.98 Å². The summed E-state index contributed by atoms with van der Waals surface area (Å²) in [6.45, 7) is 1.22. The number of ether oxygens (including phenoxy) is 1. The lowest BCUT2D eigenvalue weighted by Gasteiger charge is -2.13. The number of anilines is 2. The van der Waals surface area contributed by atoms with Crippen molar-refractivity contribution >= 4 is 39.3 Å². The molecule has 0 aliphatic carbocycles. The Morgan fingerprint density at radius 2 is 2.07 bits per heavy atom. The van der Waals surface area contributed by atoms with Crippen LogP contribution in [0, 0.1) is 11.6 Å². The Balaban J connectivity index is 1.88. The number of amides is 1. The standard InChI is InChI=1S/C18H15F2N3O4S2/c1-10(24)21-18-22-16(9-28-18)11-2-4-15(23-29(25)26)12(6-11)8-27-17-5-3-13(19)7-14(17)20/h2-7,9,23H,8H2,1H3,(H,25,26)(H,21,22,24). The number of benzene rings is 2. The van der Waals surface area contributed by atoms with Gasteiger partial charge in [0.15, 0.2) is 16.7 Å². The summed E-state index contributed by atoms with van der Waals surface area (Å²) in [4.78, 5) is 15.5. The van der Waals surface area contributed by atoms with Crippen LogP contribution >= 0.6 is 11.3 Å². The van der Waals surface area contributed by atoms with E-state index in [1.165, 1.54) is 18.3 Å². The quantitative estimate of drug-likeness (QED) is 0.480. The second-order valence-corrected chi connectivity index (χ2v) is 7.37. The number of nitrogens with zero attached hydrogens (tertiary/aromatic N) is 1. The zero-order chi connectivity index (χ0) is 21.0. The lowest BCUT2D eigenvalue weighted by Crippen LogP contribution is -2.07. The molecule has 1 unspecified atom stereocenters. The highest BCUT2D eigenvalue weighted by molar-refractivity contribution is 7.80. The van der Waals surface area contributed by atoms with Crippen LogP contribution in [0.25, 0.3) is 11.3 Å². The SMILES string of the molecule is CC(=O)Nc1nc(-c2ccc(NS(=O)O)c(COc3ccc(F)cc3F)c2)cs1. The summed E-state index contributed by atoms with van der Waals surface area (Å²) in [5.74, 6) is -1.99. The number of nitrogens with one attached hydrogen (secondary N) is 2. The fourth-order valence-electron chi connectivity index (χ4n) is 2.43. The predicted octanol–water partition coefficient (Wildman–Crippen LogP) is 4.17. The predicted molar refractivity (Wildman–Crippen MR) is 107 cm³/mol. The Bertz CT molecular complexity index is 1080. The fourth-order valence-corrected chi connectivity index (χ4v) is 3.58. The number of rotatable bonds is 7. The molecule has 0 bridgehead atoms. The monoisotopic (exact) mass is 439 g/mol. The van der Waals surface area contributed by atoms with Crippen LogP contribution in [0.2, 0.25) is 0 Å². The fraction of sp³-hybridized carbons (Fsp3) is 0.111. The first-order valence-electron chi connectivity index (χ1n) is 8.13. The third-order valence-electron chi connectivity index (χ3n) is 3.66. The maximum absolute atomic E-state index is 13.8. The van der Waals surface area contributed by atoms with Crippen molar-refractivity contribution in [1.29, 1.82) is 0 Å². The number of hydrogen-bond acceptors (Lipinski definition) is 5. The minimum Gasteiger partial charge on any atom is -0.486 e. The minimum absolute atomic E-state index is 0.154. The summed E-state index contributed by atoms with van der Waals surface area (Å²) in [7, 11) is 0. The van der Waals surface area contributed by atoms with Gasteiger partial charge in [-0.15, -0.1) is 11.3 Å². The van der Waals surface area contributed by atoms with Gasteiger partial charge in [0.25, 0.3) is 11.3 Å². The van der Waals surface area contributed by atoms with E-state index in [0.29, 0.717) is 33.7 Å². The molecule has 0 aliphatic heterocycles. The Hall–Kier alpha value is -2.89. The molecule has 7 nitrogen and oxygen atoms in total. The van der Waals surface area contributed by atoms with Crippen molar-refractivity contribution < 1.29 is 27.1 Å². The largest absolute Gasteiger partial charge is 0.486 e. The molecule has 0 saturated carbocycles. The lowest BCUT2D eigenvalue weighted by atomic mass is 10.1. The van der Waals surface area contributed by atoms with Gasteiger partial charge in [-0.3, -0.25) is 14.1 Å². The number of thiazole rings is 1. The smallest absolute Gasteiger partial charge is 0.259 e. The van der Waals surface area contributed by atoms with Crippen LogP contribution in [0.1, 0.15) is 12.5 Å². The molecule has 0 fully saturated rings. The summed E-state index contributed by atoms with van der Waals surface area (Å²) in [6, 6.07) is 7.81. The molecule has 1 atom stereocenters. The van der Waals surface area contributed by atoms with E-state index in [1.807, 2.05) is 0 Å². The van der Waals surface area contributed by atoms with Crippen molar-refractivity contribution in [2.45, 2.75) is 13.5 Å². The van der Waals surface area contributed by atoms with Gasteiger partial charge in [-0.1, -0.05) is 6.07 Å². The third kappa shape index (κ3) is 5.56. The molecule has 2 aromatic carbocycles. The summed E-state index contributed by atoms with van der Waals surface area (Å²) >= 11 is -1.08. The molecule has 29 heavy (non-hydrogen) atoms. The lowest BCUT2D eigenvalue weighted by molar-refractivity contribution is -0.114. The van der Waals surface area contributed by atoms with E-state index >= 15 is 0 Å². The van der Waals surface area contributed by atoms with Gasteiger partial charge >= 0.3 is 0 Å². The van der Waals surface area contributed by atoms with Gasteiger partial charge in [0.2, 0.25) is 5.91 Å². The van der Waals surface area contributed by atoms with Gasteiger partial charge < -0.3 is 10.1 Å². The Kier molecular flexibility index (Phi) is 6.52. The number of carbonyl (C=O) groups excluding carboxylic acids is 1. The van der Waals surface area contributed by atoms with Crippen molar-refractivity contribution in [3.63, 3.8) is 0 Å². The number of carbonyl (C=O) groups is 1. The Labute approximate surface area is 171 Å². The second-order valence-electron chi connectivity index (χ2n) is 5.81. The molecule has 0 saturated heterocycles. The van der Waals surface area contributed by atoms with Gasteiger partial charge in [-0.25, -0.2) is 18.0 Å². The van der Waals surface area contributed by atoms with Crippen molar-refractivity contribution in [2.24, 2.45) is 0 Å². The zero-order valence-corrected chi connectivity index (χ0v) is 16.6. The maximum Gasteiger partial charge on any atom is 0.259 e. The first-order valence-corrected chi connectivity index (χ1v) is 10.1. The molecule has 3 rings (SSSR count).